The minimum absolute atomic E-state index is 0.0928. The van der Waals surface area contributed by atoms with Crippen molar-refractivity contribution in [1.82, 2.24) is 19.9 Å². The van der Waals surface area contributed by atoms with Gasteiger partial charge in [0, 0.05) is 19.3 Å². The number of nitrogens with one attached hydrogen (secondary N) is 1. The second kappa shape index (κ2) is 9.05. The lowest BCUT2D eigenvalue weighted by Gasteiger charge is -2.30. The molecule has 0 radical (unpaired) electrons. The zero-order chi connectivity index (χ0) is 21.8. The third-order valence-electron chi connectivity index (χ3n) is 5.23. The van der Waals surface area contributed by atoms with Gasteiger partial charge in [-0.05, 0) is 44.4 Å². The molecule has 9 heteroatoms. The number of aliphatic hydroxyl groups is 1. The number of nitrogens with two attached hydrogens (primary N) is 1. The predicted octanol–water partition coefficient (Wildman–Crippen LogP) is 2.81. The van der Waals surface area contributed by atoms with E-state index in [1.54, 1.807) is 31.5 Å². The molecule has 9 nitrogen and oxygen atoms in total. The molecule has 1 fully saturated rings. The number of aliphatic hydroxyl groups excluding tert-OH is 1. The average molecular weight is 419 g/mol. The second-order valence-electron chi connectivity index (χ2n) is 7.53. The van der Waals surface area contributed by atoms with Crippen molar-refractivity contribution in [2.45, 2.75) is 32.3 Å². The number of carbonyl (C=O) groups excluding carboxylic acids is 1. The van der Waals surface area contributed by atoms with Crippen LogP contribution in [-0.2, 0) is 0 Å². The number of nitrogen functional groups attached to an aromatic ring is 1. The highest BCUT2D eigenvalue weighted by Crippen LogP contribution is 2.28. The highest BCUT2D eigenvalue weighted by Gasteiger charge is 2.19. The van der Waals surface area contributed by atoms with E-state index in [1.807, 2.05) is 6.07 Å². The number of nitrogens with zero attached hydrogens (tertiary/aromatic N) is 5. The molecule has 4 rings (SSSR count). The van der Waals surface area contributed by atoms with Crippen molar-refractivity contribution in [2.24, 2.45) is 0 Å². The van der Waals surface area contributed by atoms with Gasteiger partial charge in [-0.1, -0.05) is 0 Å². The highest BCUT2D eigenvalue weighted by atomic mass is 16.3. The molecule has 4 heterocycles. The first-order valence-corrected chi connectivity index (χ1v) is 10.3. The second-order valence-corrected chi connectivity index (χ2v) is 7.53. The topological polar surface area (TPSA) is 130 Å². The Morgan fingerprint density at radius 1 is 1.06 bits per heavy atom. The van der Waals surface area contributed by atoms with E-state index in [1.165, 1.54) is 18.8 Å². The fourth-order valence-corrected chi connectivity index (χ4v) is 3.58. The average Bonchev–Trinajstić information content (AvgIpc) is 2.80. The molecule has 0 bridgehead atoms. The van der Waals surface area contributed by atoms with Gasteiger partial charge in [0.25, 0.3) is 5.91 Å². The van der Waals surface area contributed by atoms with Gasteiger partial charge in [-0.3, -0.25) is 14.8 Å². The first kappa shape index (κ1) is 20.7. The van der Waals surface area contributed by atoms with Crippen LogP contribution in [0, 0.1) is 0 Å². The standard InChI is InChI=1S/C22H25N7O2/c1-14(30)17-11-25-12-18(26-17)16-6-5-15(23)21(27-16)22(31)28-19-13-24-8-7-20(19)29-9-3-2-4-10-29/h5-8,11-14,30H,2-4,9-10,23H2,1H3,(H,28,31). The Balaban J connectivity index is 1.61. The quantitative estimate of drug-likeness (QED) is 0.575. The number of pyridine rings is 2. The van der Waals surface area contributed by atoms with E-state index in [0.29, 0.717) is 22.8 Å². The van der Waals surface area contributed by atoms with Crippen molar-refractivity contribution in [2.75, 3.05) is 29.0 Å². The third kappa shape index (κ3) is 4.61. The monoisotopic (exact) mass is 419 g/mol. The number of hydrogen-bond donors (Lipinski definition) is 3. The maximum absolute atomic E-state index is 13.1. The van der Waals surface area contributed by atoms with Crippen molar-refractivity contribution in [1.29, 1.82) is 0 Å². The number of piperidine rings is 1. The summed E-state index contributed by atoms with van der Waals surface area (Å²) in [4.78, 5) is 32.4. The van der Waals surface area contributed by atoms with Crippen LogP contribution < -0.4 is 16.0 Å². The molecule has 31 heavy (non-hydrogen) atoms. The van der Waals surface area contributed by atoms with Crippen LogP contribution in [0.25, 0.3) is 11.4 Å². The summed E-state index contributed by atoms with van der Waals surface area (Å²) in [6.07, 6.45) is 9.08. The van der Waals surface area contributed by atoms with Crippen LogP contribution in [0.4, 0.5) is 17.1 Å². The molecule has 0 aliphatic carbocycles. The summed E-state index contributed by atoms with van der Waals surface area (Å²) in [6, 6.07) is 5.19. The molecule has 1 unspecified atom stereocenters. The number of anilines is 3. The number of amides is 1. The summed E-state index contributed by atoms with van der Waals surface area (Å²) in [5.74, 6) is -0.426. The van der Waals surface area contributed by atoms with Gasteiger partial charge < -0.3 is 21.1 Å². The zero-order valence-electron chi connectivity index (χ0n) is 17.3. The summed E-state index contributed by atoms with van der Waals surface area (Å²) in [6.45, 7) is 3.50. The van der Waals surface area contributed by atoms with Crippen LogP contribution in [-0.4, -0.2) is 44.0 Å². The molecule has 160 valence electrons. The van der Waals surface area contributed by atoms with Crippen molar-refractivity contribution >= 4 is 23.0 Å². The van der Waals surface area contributed by atoms with E-state index >= 15 is 0 Å². The lowest BCUT2D eigenvalue weighted by Crippen LogP contribution is -2.30. The van der Waals surface area contributed by atoms with Crippen LogP contribution >= 0.6 is 0 Å². The van der Waals surface area contributed by atoms with Crippen LogP contribution in [0.3, 0.4) is 0 Å². The molecule has 1 amide bonds. The van der Waals surface area contributed by atoms with Gasteiger partial charge in [-0.15, -0.1) is 0 Å². The smallest absolute Gasteiger partial charge is 0.276 e. The van der Waals surface area contributed by atoms with Gasteiger partial charge in [0.2, 0.25) is 0 Å². The Bertz CT molecular complexity index is 1080. The van der Waals surface area contributed by atoms with Crippen molar-refractivity contribution in [3.8, 4) is 11.4 Å². The largest absolute Gasteiger partial charge is 0.397 e. The summed E-state index contributed by atoms with van der Waals surface area (Å²) in [5.41, 5.74) is 9.27. The molecule has 0 saturated carbocycles. The molecule has 1 aliphatic rings. The van der Waals surface area contributed by atoms with Crippen molar-refractivity contribution in [3.63, 3.8) is 0 Å². The first-order chi connectivity index (χ1) is 15.0. The normalized spacial score (nSPS) is 14.8. The highest BCUT2D eigenvalue weighted by molar-refractivity contribution is 6.07. The Morgan fingerprint density at radius 2 is 1.87 bits per heavy atom. The molecule has 0 spiro atoms. The zero-order valence-corrected chi connectivity index (χ0v) is 17.3. The Kier molecular flexibility index (Phi) is 6.03. The third-order valence-corrected chi connectivity index (χ3v) is 5.23. The van der Waals surface area contributed by atoms with Gasteiger partial charge in [0.05, 0.1) is 53.1 Å². The van der Waals surface area contributed by atoms with Gasteiger partial charge in [-0.25, -0.2) is 9.97 Å². The molecule has 4 N–H and O–H groups in total. The van der Waals surface area contributed by atoms with Crippen LogP contribution in [0.5, 0.6) is 0 Å². The van der Waals surface area contributed by atoms with E-state index in [2.05, 4.69) is 30.2 Å². The predicted molar refractivity (Wildman–Crippen MR) is 119 cm³/mol. The summed E-state index contributed by atoms with van der Waals surface area (Å²) in [7, 11) is 0. The summed E-state index contributed by atoms with van der Waals surface area (Å²) >= 11 is 0. The fraction of sp³-hybridized carbons (Fsp3) is 0.318. The van der Waals surface area contributed by atoms with Gasteiger partial charge >= 0.3 is 0 Å². The molecular formula is C22H25N7O2. The van der Waals surface area contributed by atoms with E-state index in [-0.39, 0.29) is 11.4 Å². The molecule has 3 aromatic heterocycles. The Labute approximate surface area is 180 Å². The SMILES string of the molecule is CC(O)c1cncc(-c2ccc(N)c(C(=O)Nc3cnccc3N3CCCCC3)n2)n1. The van der Waals surface area contributed by atoms with Crippen molar-refractivity contribution < 1.29 is 9.90 Å². The molecule has 1 atom stereocenters. The number of rotatable bonds is 5. The molecule has 1 saturated heterocycles. The van der Waals surface area contributed by atoms with Crippen LogP contribution in [0.2, 0.25) is 0 Å². The van der Waals surface area contributed by atoms with Crippen molar-refractivity contribution in [3.05, 3.63) is 54.4 Å². The van der Waals surface area contributed by atoms with E-state index in [4.69, 9.17) is 5.73 Å². The molecule has 3 aromatic rings. The molecular weight excluding hydrogens is 394 g/mol. The van der Waals surface area contributed by atoms with Gasteiger partial charge in [0.15, 0.2) is 5.69 Å². The lowest BCUT2D eigenvalue weighted by atomic mass is 10.1. The Hall–Kier alpha value is -3.59. The maximum Gasteiger partial charge on any atom is 0.276 e. The summed E-state index contributed by atoms with van der Waals surface area (Å²) < 4.78 is 0. The minimum Gasteiger partial charge on any atom is -0.397 e. The minimum atomic E-state index is -0.761. The number of hydrogen-bond acceptors (Lipinski definition) is 8. The number of aromatic nitrogens is 4. The Morgan fingerprint density at radius 3 is 2.65 bits per heavy atom. The maximum atomic E-state index is 13.1. The van der Waals surface area contributed by atoms with E-state index in [9.17, 15) is 9.90 Å². The molecule has 0 aromatic carbocycles. The number of carbonyl (C=O) groups is 1. The first-order valence-electron chi connectivity index (χ1n) is 10.3. The summed E-state index contributed by atoms with van der Waals surface area (Å²) in [5, 5.41) is 12.7. The van der Waals surface area contributed by atoms with Gasteiger partial charge in [-0.2, -0.15) is 0 Å². The van der Waals surface area contributed by atoms with E-state index in [0.717, 1.165) is 31.6 Å². The van der Waals surface area contributed by atoms with Crippen LogP contribution in [0.15, 0.2) is 43.0 Å². The van der Waals surface area contributed by atoms with Gasteiger partial charge in [0.1, 0.15) is 5.69 Å². The fourth-order valence-electron chi connectivity index (χ4n) is 3.58. The lowest BCUT2D eigenvalue weighted by molar-refractivity contribution is 0.102. The van der Waals surface area contributed by atoms with Crippen LogP contribution in [0.1, 0.15) is 48.5 Å². The molecule has 1 aliphatic heterocycles. The van der Waals surface area contributed by atoms with E-state index < -0.39 is 12.0 Å².